The summed E-state index contributed by atoms with van der Waals surface area (Å²) < 4.78 is 5.75. The summed E-state index contributed by atoms with van der Waals surface area (Å²) in [7, 11) is 0. The fraction of sp³-hybridized carbons (Fsp3) is 0.200. The maximum Gasteiger partial charge on any atom is 0.257 e. The summed E-state index contributed by atoms with van der Waals surface area (Å²) in [5.41, 5.74) is 8.83. The average Bonchev–Trinajstić information content (AvgIpc) is 2.88. The molecule has 2 heterocycles. The first-order valence-electron chi connectivity index (χ1n) is 6.42. The lowest BCUT2D eigenvalue weighted by molar-refractivity contribution is 0.487. The second kappa shape index (κ2) is 5.64. The van der Waals surface area contributed by atoms with Gasteiger partial charge in [-0.15, -0.1) is 0 Å². The standard InChI is InChI=1S/C15H15N3OS/c1-10(16)14(11-5-4-8-17-9-11)20-15-18-12-6-2-3-7-13(12)19-15/h2-10,14H,16H2,1H3. The summed E-state index contributed by atoms with van der Waals surface area (Å²) in [6, 6.07) is 11.6. The van der Waals surface area contributed by atoms with Gasteiger partial charge in [0.05, 0.1) is 5.25 Å². The zero-order chi connectivity index (χ0) is 13.9. The number of fused-ring (bicyclic) bond motifs is 1. The van der Waals surface area contributed by atoms with Crippen molar-refractivity contribution in [3.8, 4) is 0 Å². The van der Waals surface area contributed by atoms with Crippen LogP contribution in [0.15, 0.2) is 58.4 Å². The first-order chi connectivity index (χ1) is 9.74. The SMILES string of the molecule is CC(N)C(Sc1nc2ccccc2o1)c1cccnc1. The Morgan fingerprint density at radius 3 is 2.75 bits per heavy atom. The molecule has 0 fully saturated rings. The van der Waals surface area contributed by atoms with Crippen LogP contribution in [0.5, 0.6) is 0 Å². The Balaban J connectivity index is 1.90. The predicted molar refractivity (Wildman–Crippen MR) is 80.5 cm³/mol. The maximum absolute atomic E-state index is 6.09. The molecular formula is C15H15N3OS. The van der Waals surface area contributed by atoms with Gasteiger partial charge in [0, 0.05) is 18.4 Å². The zero-order valence-electron chi connectivity index (χ0n) is 11.1. The Labute approximate surface area is 121 Å². The molecule has 0 saturated carbocycles. The molecule has 3 aromatic rings. The summed E-state index contributed by atoms with van der Waals surface area (Å²) in [6.07, 6.45) is 3.59. The minimum Gasteiger partial charge on any atom is -0.431 e. The van der Waals surface area contributed by atoms with Crippen molar-refractivity contribution in [2.75, 3.05) is 0 Å². The summed E-state index contributed by atoms with van der Waals surface area (Å²) in [5, 5.41) is 0.703. The van der Waals surface area contributed by atoms with Crippen LogP contribution in [0.1, 0.15) is 17.7 Å². The molecule has 20 heavy (non-hydrogen) atoms. The highest BCUT2D eigenvalue weighted by molar-refractivity contribution is 7.99. The molecule has 0 saturated heterocycles. The van der Waals surface area contributed by atoms with E-state index in [0.717, 1.165) is 16.7 Å². The van der Waals surface area contributed by atoms with Crippen molar-refractivity contribution in [1.29, 1.82) is 0 Å². The van der Waals surface area contributed by atoms with Crippen molar-refractivity contribution < 1.29 is 4.42 Å². The summed E-state index contributed by atoms with van der Waals surface area (Å²) >= 11 is 1.53. The second-order valence-electron chi connectivity index (χ2n) is 4.63. The fourth-order valence-corrected chi connectivity index (χ4v) is 3.03. The minimum atomic E-state index is -0.0285. The van der Waals surface area contributed by atoms with Crippen LogP contribution < -0.4 is 5.73 Å². The molecule has 2 aromatic heterocycles. The molecular weight excluding hydrogens is 270 g/mol. The number of para-hydroxylation sites is 2. The van der Waals surface area contributed by atoms with E-state index in [4.69, 9.17) is 10.2 Å². The van der Waals surface area contributed by atoms with E-state index in [-0.39, 0.29) is 11.3 Å². The van der Waals surface area contributed by atoms with E-state index in [1.165, 1.54) is 11.8 Å². The molecule has 102 valence electrons. The number of nitrogens with two attached hydrogens (primary N) is 1. The third kappa shape index (κ3) is 2.69. The third-order valence-electron chi connectivity index (χ3n) is 2.99. The minimum absolute atomic E-state index is 0.0285. The lowest BCUT2D eigenvalue weighted by Gasteiger charge is -2.18. The Bertz CT molecular complexity index is 663. The molecule has 2 N–H and O–H groups in total. The van der Waals surface area contributed by atoms with Gasteiger partial charge in [-0.1, -0.05) is 30.0 Å². The van der Waals surface area contributed by atoms with Gasteiger partial charge in [-0.2, -0.15) is 0 Å². The van der Waals surface area contributed by atoms with Crippen LogP contribution >= 0.6 is 11.8 Å². The molecule has 0 spiro atoms. The van der Waals surface area contributed by atoms with E-state index >= 15 is 0 Å². The van der Waals surface area contributed by atoms with Gasteiger partial charge in [-0.05, 0) is 30.7 Å². The van der Waals surface area contributed by atoms with Crippen molar-refractivity contribution in [1.82, 2.24) is 9.97 Å². The number of aromatic nitrogens is 2. The second-order valence-corrected chi connectivity index (χ2v) is 5.72. The van der Waals surface area contributed by atoms with Crippen LogP contribution in [0, 0.1) is 0 Å². The number of hydrogen-bond donors (Lipinski definition) is 1. The smallest absolute Gasteiger partial charge is 0.257 e. The first kappa shape index (κ1) is 13.1. The molecule has 2 unspecified atom stereocenters. The van der Waals surface area contributed by atoms with E-state index in [9.17, 15) is 0 Å². The molecule has 1 aromatic carbocycles. The lowest BCUT2D eigenvalue weighted by atomic mass is 10.1. The first-order valence-corrected chi connectivity index (χ1v) is 7.30. The Morgan fingerprint density at radius 1 is 1.20 bits per heavy atom. The summed E-state index contributed by atoms with van der Waals surface area (Å²) in [6.45, 7) is 1.98. The summed E-state index contributed by atoms with van der Waals surface area (Å²) in [4.78, 5) is 8.63. The quantitative estimate of drug-likeness (QED) is 0.744. The number of oxazole rings is 1. The van der Waals surface area contributed by atoms with Gasteiger partial charge in [-0.25, -0.2) is 4.98 Å². The highest BCUT2D eigenvalue weighted by Crippen LogP contribution is 2.37. The van der Waals surface area contributed by atoms with Gasteiger partial charge in [0.15, 0.2) is 5.58 Å². The highest BCUT2D eigenvalue weighted by atomic mass is 32.2. The lowest BCUT2D eigenvalue weighted by Crippen LogP contribution is -2.22. The van der Waals surface area contributed by atoms with E-state index in [0.29, 0.717) is 5.22 Å². The topological polar surface area (TPSA) is 64.9 Å². The molecule has 0 radical (unpaired) electrons. The van der Waals surface area contributed by atoms with E-state index < -0.39 is 0 Å². The molecule has 0 amide bonds. The number of benzene rings is 1. The normalized spacial score (nSPS) is 14.3. The highest BCUT2D eigenvalue weighted by Gasteiger charge is 2.21. The Hall–Kier alpha value is -1.85. The Morgan fingerprint density at radius 2 is 2.05 bits per heavy atom. The number of hydrogen-bond acceptors (Lipinski definition) is 5. The number of nitrogens with zero attached hydrogens (tertiary/aromatic N) is 2. The molecule has 3 rings (SSSR count). The van der Waals surface area contributed by atoms with Crippen molar-refractivity contribution in [2.24, 2.45) is 5.73 Å². The van der Waals surface area contributed by atoms with Crippen molar-refractivity contribution >= 4 is 22.9 Å². The van der Waals surface area contributed by atoms with Gasteiger partial charge in [0.25, 0.3) is 5.22 Å². The fourth-order valence-electron chi connectivity index (χ4n) is 2.03. The molecule has 0 aliphatic heterocycles. The predicted octanol–water partition coefficient (Wildman–Crippen LogP) is 3.40. The summed E-state index contributed by atoms with van der Waals surface area (Å²) in [5.74, 6) is 0. The van der Waals surface area contributed by atoms with Gasteiger partial charge >= 0.3 is 0 Å². The molecule has 2 atom stereocenters. The maximum atomic E-state index is 6.09. The van der Waals surface area contributed by atoms with Crippen LogP contribution in [0.4, 0.5) is 0 Å². The Kier molecular flexibility index (Phi) is 3.71. The molecule has 0 aliphatic carbocycles. The molecule has 0 aliphatic rings. The van der Waals surface area contributed by atoms with Gasteiger partial charge in [0.2, 0.25) is 0 Å². The van der Waals surface area contributed by atoms with E-state index in [2.05, 4.69) is 9.97 Å². The van der Waals surface area contributed by atoms with Crippen LogP contribution in [0.25, 0.3) is 11.1 Å². The van der Waals surface area contributed by atoms with Gasteiger partial charge < -0.3 is 10.2 Å². The number of thioether (sulfide) groups is 1. The van der Waals surface area contributed by atoms with Crippen LogP contribution in [0.3, 0.4) is 0 Å². The molecule has 4 nitrogen and oxygen atoms in total. The monoisotopic (exact) mass is 285 g/mol. The van der Waals surface area contributed by atoms with Crippen LogP contribution in [-0.4, -0.2) is 16.0 Å². The van der Waals surface area contributed by atoms with Crippen LogP contribution in [-0.2, 0) is 0 Å². The van der Waals surface area contributed by atoms with Crippen molar-refractivity contribution in [3.63, 3.8) is 0 Å². The number of rotatable bonds is 4. The zero-order valence-corrected chi connectivity index (χ0v) is 11.9. The third-order valence-corrected chi connectivity index (χ3v) is 4.32. The number of pyridine rings is 1. The van der Waals surface area contributed by atoms with E-state index in [1.807, 2.05) is 49.5 Å². The molecule has 5 heteroatoms. The van der Waals surface area contributed by atoms with Crippen molar-refractivity contribution in [3.05, 3.63) is 54.4 Å². The van der Waals surface area contributed by atoms with E-state index in [1.54, 1.807) is 6.20 Å². The van der Waals surface area contributed by atoms with Crippen molar-refractivity contribution in [2.45, 2.75) is 23.4 Å². The largest absolute Gasteiger partial charge is 0.431 e. The van der Waals surface area contributed by atoms with Gasteiger partial charge in [-0.3, -0.25) is 4.98 Å². The van der Waals surface area contributed by atoms with Crippen LogP contribution in [0.2, 0.25) is 0 Å². The average molecular weight is 285 g/mol. The molecule has 0 bridgehead atoms. The van der Waals surface area contributed by atoms with Gasteiger partial charge in [0.1, 0.15) is 5.52 Å².